The smallest absolute Gasteiger partial charge is 0.00122 e. The Kier molecular flexibility index (Phi) is 2.39. The van der Waals surface area contributed by atoms with Gasteiger partial charge >= 0.3 is 0 Å². The molecule has 1 aliphatic rings. The average molecular weight is 148 g/mol. The van der Waals surface area contributed by atoms with Crippen LogP contribution in [0.25, 0.3) is 0 Å². The van der Waals surface area contributed by atoms with E-state index in [1.807, 2.05) is 0 Å². The highest BCUT2D eigenvalue weighted by Gasteiger charge is 2.19. The first kappa shape index (κ1) is 8.40. The molecule has 1 aliphatic carbocycles. The van der Waals surface area contributed by atoms with Crippen LogP contribution >= 0.6 is 0 Å². The predicted octanol–water partition coefficient (Wildman–Crippen LogP) is 3.00. The first-order valence-electron chi connectivity index (χ1n) is 4.31. The Labute approximate surface area is 69.7 Å². The summed E-state index contributed by atoms with van der Waals surface area (Å²) in [5, 5.41) is 0. The summed E-state index contributed by atoms with van der Waals surface area (Å²) < 4.78 is 0. The van der Waals surface area contributed by atoms with Crippen molar-refractivity contribution in [2.75, 3.05) is 0 Å². The first-order valence-corrected chi connectivity index (χ1v) is 4.31. The van der Waals surface area contributed by atoms with Crippen molar-refractivity contribution in [1.82, 2.24) is 0 Å². The zero-order valence-electron chi connectivity index (χ0n) is 7.65. The maximum atomic E-state index is 5.41. The van der Waals surface area contributed by atoms with Gasteiger partial charge in [-0.25, -0.2) is 0 Å². The van der Waals surface area contributed by atoms with Gasteiger partial charge in [0.1, 0.15) is 0 Å². The topological polar surface area (TPSA) is 0 Å². The van der Waals surface area contributed by atoms with Gasteiger partial charge in [0.05, 0.1) is 0 Å². The van der Waals surface area contributed by atoms with Crippen molar-refractivity contribution in [2.45, 2.75) is 33.6 Å². The van der Waals surface area contributed by atoms with E-state index in [1.165, 1.54) is 17.6 Å². The second-order valence-electron chi connectivity index (χ2n) is 3.75. The molecule has 0 aromatic heterocycles. The van der Waals surface area contributed by atoms with Crippen LogP contribution in [0.3, 0.4) is 0 Å². The number of hydrogen-bond acceptors (Lipinski definition) is 0. The number of hydrogen-bond donors (Lipinski definition) is 0. The highest BCUT2D eigenvalue weighted by molar-refractivity contribution is 5.33. The third kappa shape index (κ3) is 1.66. The van der Waals surface area contributed by atoms with Gasteiger partial charge in [0, 0.05) is 5.57 Å². The molecule has 0 aromatic rings. The van der Waals surface area contributed by atoms with E-state index in [4.69, 9.17) is 6.42 Å². The molecule has 60 valence electrons. The SMILES string of the molecule is C#CC1=C(C)C(C)CC(C)C1. The Morgan fingerprint density at radius 2 is 2.09 bits per heavy atom. The largest absolute Gasteiger partial charge is 0.115 e. The van der Waals surface area contributed by atoms with Crippen LogP contribution in [-0.4, -0.2) is 0 Å². The lowest BCUT2D eigenvalue weighted by Gasteiger charge is -2.25. The molecule has 0 nitrogen and oxygen atoms in total. The van der Waals surface area contributed by atoms with Crippen LogP contribution in [0.4, 0.5) is 0 Å². The quantitative estimate of drug-likeness (QED) is 0.463. The molecule has 0 radical (unpaired) electrons. The van der Waals surface area contributed by atoms with Crippen molar-refractivity contribution < 1.29 is 0 Å². The number of rotatable bonds is 0. The summed E-state index contributed by atoms with van der Waals surface area (Å²) in [5.74, 6) is 4.27. The second-order valence-corrected chi connectivity index (χ2v) is 3.75. The highest BCUT2D eigenvalue weighted by atomic mass is 14.2. The minimum absolute atomic E-state index is 0.699. The number of terminal acetylenes is 1. The van der Waals surface area contributed by atoms with E-state index in [0.29, 0.717) is 5.92 Å². The summed E-state index contributed by atoms with van der Waals surface area (Å²) in [6.45, 7) is 6.72. The van der Waals surface area contributed by atoms with Crippen LogP contribution in [-0.2, 0) is 0 Å². The lowest BCUT2D eigenvalue weighted by molar-refractivity contribution is 0.422. The average Bonchev–Trinajstić information content (AvgIpc) is 1.96. The molecule has 0 aliphatic heterocycles. The molecular formula is C11H16. The minimum atomic E-state index is 0.699. The van der Waals surface area contributed by atoms with Gasteiger partial charge in [-0.15, -0.1) is 6.42 Å². The lowest BCUT2D eigenvalue weighted by Crippen LogP contribution is -2.13. The zero-order chi connectivity index (χ0) is 8.43. The molecule has 1 rings (SSSR count). The van der Waals surface area contributed by atoms with Crippen molar-refractivity contribution in [1.29, 1.82) is 0 Å². The Morgan fingerprint density at radius 1 is 1.45 bits per heavy atom. The van der Waals surface area contributed by atoms with E-state index in [-0.39, 0.29) is 0 Å². The van der Waals surface area contributed by atoms with E-state index in [2.05, 4.69) is 26.7 Å². The summed E-state index contributed by atoms with van der Waals surface area (Å²) in [4.78, 5) is 0. The monoisotopic (exact) mass is 148 g/mol. The van der Waals surface area contributed by atoms with E-state index in [9.17, 15) is 0 Å². The molecular weight excluding hydrogens is 132 g/mol. The van der Waals surface area contributed by atoms with Crippen LogP contribution < -0.4 is 0 Å². The van der Waals surface area contributed by atoms with Crippen LogP contribution in [0.1, 0.15) is 33.6 Å². The van der Waals surface area contributed by atoms with E-state index in [1.54, 1.807) is 0 Å². The van der Waals surface area contributed by atoms with Gasteiger partial charge in [-0.2, -0.15) is 0 Å². The molecule has 0 spiro atoms. The van der Waals surface area contributed by atoms with Crippen LogP contribution in [0.2, 0.25) is 0 Å². The Bertz CT molecular complexity index is 215. The summed E-state index contributed by atoms with van der Waals surface area (Å²) in [6.07, 6.45) is 7.83. The molecule has 0 aromatic carbocycles. The molecule has 0 heteroatoms. The maximum Gasteiger partial charge on any atom is 0.00122 e. The fourth-order valence-electron chi connectivity index (χ4n) is 1.84. The molecule has 0 amide bonds. The van der Waals surface area contributed by atoms with Gasteiger partial charge in [0.15, 0.2) is 0 Å². The second kappa shape index (κ2) is 3.13. The Morgan fingerprint density at radius 3 is 2.64 bits per heavy atom. The zero-order valence-corrected chi connectivity index (χ0v) is 7.65. The first-order chi connectivity index (χ1) is 5.15. The fourth-order valence-corrected chi connectivity index (χ4v) is 1.84. The van der Waals surface area contributed by atoms with Crippen molar-refractivity contribution >= 4 is 0 Å². The molecule has 0 N–H and O–H groups in total. The van der Waals surface area contributed by atoms with E-state index in [0.717, 1.165) is 12.3 Å². The summed E-state index contributed by atoms with van der Waals surface area (Å²) in [6, 6.07) is 0. The molecule has 2 unspecified atom stereocenters. The summed E-state index contributed by atoms with van der Waals surface area (Å²) in [7, 11) is 0. The third-order valence-corrected chi connectivity index (χ3v) is 2.70. The van der Waals surface area contributed by atoms with Crippen molar-refractivity contribution in [2.24, 2.45) is 11.8 Å². The van der Waals surface area contributed by atoms with Gasteiger partial charge < -0.3 is 0 Å². The minimum Gasteiger partial charge on any atom is -0.115 e. The molecule has 0 fully saturated rings. The van der Waals surface area contributed by atoms with Gasteiger partial charge in [0.25, 0.3) is 0 Å². The van der Waals surface area contributed by atoms with Gasteiger partial charge in [0.2, 0.25) is 0 Å². The lowest BCUT2D eigenvalue weighted by atomic mass is 9.79. The van der Waals surface area contributed by atoms with E-state index < -0.39 is 0 Å². The maximum absolute atomic E-state index is 5.41. The van der Waals surface area contributed by atoms with Crippen LogP contribution in [0.5, 0.6) is 0 Å². The van der Waals surface area contributed by atoms with Gasteiger partial charge in [-0.1, -0.05) is 25.3 Å². The summed E-state index contributed by atoms with van der Waals surface area (Å²) in [5.41, 5.74) is 2.68. The predicted molar refractivity (Wildman–Crippen MR) is 49.1 cm³/mol. The molecule has 0 saturated carbocycles. The van der Waals surface area contributed by atoms with Gasteiger partial charge in [-0.05, 0) is 31.6 Å². The normalized spacial score (nSPS) is 31.8. The Hall–Kier alpha value is -0.700. The molecule has 11 heavy (non-hydrogen) atoms. The highest BCUT2D eigenvalue weighted by Crippen LogP contribution is 2.32. The Balaban J connectivity index is 2.88. The van der Waals surface area contributed by atoms with Gasteiger partial charge in [-0.3, -0.25) is 0 Å². The fraction of sp³-hybridized carbons (Fsp3) is 0.636. The third-order valence-electron chi connectivity index (χ3n) is 2.70. The van der Waals surface area contributed by atoms with E-state index >= 15 is 0 Å². The standard InChI is InChI=1S/C11H16/c1-5-11-7-8(2)6-9(3)10(11)4/h1,8-9H,6-7H2,2-4H3. The summed E-state index contributed by atoms with van der Waals surface area (Å²) >= 11 is 0. The van der Waals surface area contributed by atoms with Crippen molar-refractivity contribution in [3.8, 4) is 12.3 Å². The molecule has 2 atom stereocenters. The van der Waals surface area contributed by atoms with Crippen molar-refractivity contribution in [3.05, 3.63) is 11.1 Å². The molecule has 0 heterocycles. The number of allylic oxidation sites excluding steroid dienone is 2. The molecule has 0 bridgehead atoms. The van der Waals surface area contributed by atoms with Crippen LogP contribution in [0.15, 0.2) is 11.1 Å². The van der Waals surface area contributed by atoms with Crippen LogP contribution in [0, 0.1) is 24.2 Å². The van der Waals surface area contributed by atoms with Crippen molar-refractivity contribution in [3.63, 3.8) is 0 Å². The molecule has 0 saturated heterocycles.